The van der Waals surface area contributed by atoms with Gasteiger partial charge in [-0.2, -0.15) is 0 Å². The number of rotatable bonds is 6. The molecule has 0 atom stereocenters. The van der Waals surface area contributed by atoms with Crippen molar-refractivity contribution in [2.24, 2.45) is 4.99 Å². The lowest BCUT2D eigenvalue weighted by atomic mass is 9.96. The minimum Gasteiger partial charge on any atom is -0.356 e. The van der Waals surface area contributed by atoms with Crippen LogP contribution in [0.5, 0.6) is 0 Å². The van der Waals surface area contributed by atoms with E-state index in [1.807, 2.05) is 16.7 Å². The van der Waals surface area contributed by atoms with Crippen molar-refractivity contribution in [1.82, 2.24) is 25.4 Å². The molecule has 0 unspecified atom stereocenters. The average Bonchev–Trinajstić information content (AvgIpc) is 3.25. The number of aliphatic imine (C=N–C) groups is 1. The predicted molar refractivity (Wildman–Crippen MR) is 112 cm³/mol. The smallest absolute Gasteiger partial charge is 0.191 e. The molecule has 136 valence electrons. The number of benzene rings is 1. The van der Waals surface area contributed by atoms with Crippen molar-refractivity contribution in [1.29, 1.82) is 0 Å². The molecule has 1 aromatic heterocycles. The maximum absolute atomic E-state index is 6.13. The van der Waals surface area contributed by atoms with Gasteiger partial charge in [-0.1, -0.05) is 23.7 Å². The van der Waals surface area contributed by atoms with Gasteiger partial charge in [0.05, 0.1) is 6.54 Å². The molecule has 6 nitrogen and oxygen atoms in total. The molecule has 8 heteroatoms. The molecular weight excluding hydrogens is 451 g/mol. The molecule has 0 aliphatic heterocycles. The Balaban J connectivity index is 0.00000225. The van der Waals surface area contributed by atoms with Crippen molar-refractivity contribution >= 4 is 41.5 Å². The predicted octanol–water partition coefficient (Wildman–Crippen LogP) is 2.97. The molecule has 1 aromatic carbocycles. The number of halogens is 2. The third kappa shape index (κ3) is 4.84. The summed E-state index contributed by atoms with van der Waals surface area (Å²) < 4.78 is 2.01. The highest BCUT2D eigenvalue weighted by molar-refractivity contribution is 14.0. The highest BCUT2D eigenvalue weighted by Gasteiger charge is 2.44. The Hall–Kier alpha value is -1.35. The van der Waals surface area contributed by atoms with Gasteiger partial charge in [-0.3, -0.25) is 4.99 Å². The molecule has 1 heterocycles. The Morgan fingerprint density at radius 3 is 2.80 bits per heavy atom. The molecule has 0 amide bonds. The van der Waals surface area contributed by atoms with Gasteiger partial charge in [-0.25, -0.2) is 0 Å². The van der Waals surface area contributed by atoms with E-state index in [-0.39, 0.29) is 29.4 Å². The normalized spacial score (nSPS) is 15.4. The van der Waals surface area contributed by atoms with E-state index in [1.165, 1.54) is 18.4 Å². The van der Waals surface area contributed by atoms with Crippen molar-refractivity contribution in [3.05, 3.63) is 47.0 Å². The van der Waals surface area contributed by atoms with Crippen LogP contribution >= 0.6 is 35.6 Å². The second kappa shape index (κ2) is 8.84. The fourth-order valence-corrected chi connectivity index (χ4v) is 3.04. The lowest BCUT2D eigenvalue weighted by molar-refractivity contribution is 0.633. The highest BCUT2D eigenvalue weighted by atomic mass is 127. The van der Waals surface area contributed by atoms with Crippen molar-refractivity contribution < 1.29 is 0 Å². The Kier molecular flexibility index (Phi) is 7.06. The standard InChI is InChI=1S/C17H23ClN6.HI/c1-3-24-12-22-23-15(24)10-20-16(19-2)21-11-17(7-8-17)13-5-4-6-14(18)9-13;/h4-6,9,12H,3,7-8,10-11H2,1-2H3,(H2,19,20,21);1H. The Morgan fingerprint density at radius 1 is 1.36 bits per heavy atom. The maximum Gasteiger partial charge on any atom is 0.191 e. The minimum absolute atomic E-state index is 0. The van der Waals surface area contributed by atoms with Crippen LogP contribution in [0.15, 0.2) is 35.6 Å². The van der Waals surface area contributed by atoms with Crippen LogP contribution in [0.4, 0.5) is 0 Å². The summed E-state index contributed by atoms with van der Waals surface area (Å²) in [7, 11) is 1.78. The third-order valence-corrected chi connectivity index (χ3v) is 4.79. The first-order valence-electron chi connectivity index (χ1n) is 8.24. The van der Waals surface area contributed by atoms with E-state index in [2.05, 4.69) is 44.9 Å². The van der Waals surface area contributed by atoms with Crippen molar-refractivity contribution in [3.8, 4) is 0 Å². The van der Waals surface area contributed by atoms with Gasteiger partial charge in [0.15, 0.2) is 11.8 Å². The van der Waals surface area contributed by atoms with E-state index in [0.717, 1.165) is 29.9 Å². The number of guanidine groups is 1. The number of nitrogens with zero attached hydrogens (tertiary/aromatic N) is 4. The van der Waals surface area contributed by atoms with Crippen LogP contribution in [-0.4, -0.2) is 34.3 Å². The van der Waals surface area contributed by atoms with E-state index >= 15 is 0 Å². The summed E-state index contributed by atoms with van der Waals surface area (Å²) in [5.74, 6) is 1.67. The summed E-state index contributed by atoms with van der Waals surface area (Å²) in [6, 6.07) is 8.15. The van der Waals surface area contributed by atoms with Crippen LogP contribution < -0.4 is 10.6 Å². The molecule has 1 fully saturated rings. The number of nitrogens with one attached hydrogen (secondary N) is 2. The summed E-state index contributed by atoms with van der Waals surface area (Å²) in [5.41, 5.74) is 1.47. The number of aryl methyl sites for hydroxylation is 1. The van der Waals surface area contributed by atoms with Crippen LogP contribution in [0.1, 0.15) is 31.2 Å². The van der Waals surface area contributed by atoms with Gasteiger partial charge in [-0.05, 0) is 37.5 Å². The Labute approximate surface area is 170 Å². The van der Waals surface area contributed by atoms with Crippen molar-refractivity contribution in [2.45, 2.75) is 38.3 Å². The summed E-state index contributed by atoms with van der Waals surface area (Å²) >= 11 is 6.13. The molecule has 0 radical (unpaired) electrons. The molecule has 0 saturated heterocycles. The zero-order valence-corrected chi connectivity index (χ0v) is 17.6. The van der Waals surface area contributed by atoms with Gasteiger partial charge >= 0.3 is 0 Å². The molecule has 0 spiro atoms. The molecule has 25 heavy (non-hydrogen) atoms. The molecule has 1 aliphatic carbocycles. The van der Waals surface area contributed by atoms with E-state index in [4.69, 9.17) is 11.6 Å². The summed E-state index contributed by atoms with van der Waals surface area (Å²) in [5, 5.41) is 15.6. The molecule has 2 N–H and O–H groups in total. The molecule has 3 rings (SSSR count). The van der Waals surface area contributed by atoms with Crippen LogP contribution in [-0.2, 0) is 18.5 Å². The first-order valence-corrected chi connectivity index (χ1v) is 8.62. The van der Waals surface area contributed by atoms with Crippen molar-refractivity contribution in [2.75, 3.05) is 13.6 Å². The van der Waals surface area contributed by atoms with Crippen LogP contribution in [0.3, 0.4) is 0 Å². The van der Waals surface area contributed by atoms with E-state index in [1.54, 1.807) is 13.4 Å². The maximum atomic E-state index is 6.13. The first-order chi connectivity index (χ1) is 11.7. The SMILES string of the molecule is CCn1cnnc1CNC(=NC)NCC1(c2cccc(Cl)c2)CC1.I. The van der Waals surface area contributed by atoms with E-state index in [0.29, 0.717) is 6.54 Å². The Bertz CT molecular complexity index is 725. The van der Waals surface area contributed by atoms with Gasteiger partial charge in [0.2, 0.25) is 0 Å². The molecule has 1 saturated carbocycles. The highest BCUT2D eigenvalue weighted by Crippen LogP contribution is 2.48. The summed E-state index contributed by atoms with van der Waals surface area (Å²) in [6.45, 7) is 4.36. The van der Waals surface area contributed by atoms with E-state index in [9.17, 15) is 0 Å². The topological polar surface area (TPSA) is 67.1 Å². The number of hydrogen-bond donors (Lipinski definition) is 2. The monoisotopic (exact) mass is 474 g/mol. The van der Waals surface area contributed by atoms with Gasteiger partial charge < -0.3 is 15.2 Å². The van der Waals surface area contributed by atoms with Crippen molar-refractivity contribution in [3.63, 3.8) is 0 Å². The third-order valence-electron chi connectivity index (χ3n) is 4.56. The quantitative estimate of drug-likeness (QED) is 0.384. The first kappa shape index (κ1) is 20.0. The zero-order valence-electron chi connectivity index (χ0n) is 14.5. The fraction of sp³-hybridized carbons (Fsp3) is 0.471. The van der Waals surface area contributed by atoms with Crippen LogP contribution in [0.2, 0.25) is 5.02 Å². The molecule has 0 bridgehead atoms. The number of hydrogen-bond acceptors (Lipinski definition) is 3. The second-order valence-electron chi connectivity index (χ2n) is 6.10. The molecular formula is C17H24ClIN6. The van der Waals surface area contributed by atoms with E-state index < -0.39 is 0 Å². The number of aromatic nitrogens is 3. The van der Waals surface area contributed by atoms with Gasteiger partial charge in [0, 0.05) is 30.6 Å². The fourth-order valence-electron chi connectivity index (χ4n) is 2.85. The lowest BCUT2D eigenvalue weighted by Crippen LogP contribution is -2.41. The lowest BCUT2D eigenvalue weighted by Gasteiger charge is -2.19. The molecule has 1 aliphatic rings. The van der Waals surface area contributed by atoms with Gasteiger partial charge in [-0.15, -0.1) is 34.2 Å². The summed E-state index contributed by atoms with van der Waals surface area (Å²) in [4.78, 5) is 4.30. The molecule has 2 aromatic rings. The zero-order chi connectivity index (χ0) is 17.0. The minimum atomic E-state index is 0. The van der Waals surface area contributed by atoms with Gasteiger partial charge in [0.25, 0.3) is 0 Å². The van der Waals surface area contributed by atoms with Crippen LogP contribution in [0.25, 0.3) is 0 Å². The largest absolute Gasteiger partial charge is 0.356 e. The van der Waals surface area contributed by atoms with Gasteiger partial charge in [0.1, 0.15) is 6.33 Å². The Morgan fingerprint density at radius 2 is 2.16 bits per heavy atom. The average molecular weight is 475 g/mol. The second-order valence-corrected chi connectivity index (χ2v) is 6.54. The summed E-state index contributed by atoms with van der Waals surface area (Å²) in [6.07, 6.45) is 4.08. The van der Waals surface area contributed by atoms with Crippen LogP contribution in [0, 0.1) is 0 Å².